The summed E-state index contributed by atoms with van der Waals surface area (Å²) < 4.78 is 1.87. The Morgan fingerprint density at radius 1 is 1.55 bits per heavy atom. The molecule has 0 bridgehead atoms. The third-order valence-corrected chi connectivity index (χ3v) is 5.13. The molecule has 22 heavy (non-hydrogen) atoms. The Bertz CT molecular complexity index is 522. The maximum absolute atomic E-state index is 12.7. The fourth-order valence-electron chi connectivity index (χ4n) is 3.50. The first-order chi connectivity index (χ1) is 10.4. The van der Waals surface area contributed by atoms with E-state index >= 15 is 0 Å². The summed E-state index contributed by atoms with van der Waals surface area (Å²) in [5.74, 6) is -0.0703. The lowest BCUT2D eigenvalue weighted by molar-refractivity contribution is 0.0818. The number of aryl methyl sites for hydroxylation is 1. The van der Waals surface area contributed by atoms with Crippen molar-refractivity contribution in [3.05, 3.63) is 17.5 Å². The molecule has 0 saturated heterocycles. The van der Waals surface area contributed by atoms with Crippen LogP contribution >= 0.6 is 0 Å². The first kappa shape index (κ1) is 17.0. The number of nitrogens with zero attached hydrogens (tertiary/aromatic N) is 2. The molecule has 0 spiro atoms. The lowest BCUT2D eigenvalue weighted by atomic mass is 9.86. The average Bonchev–Trinajstić information content (AvgIpc) is 3.05. The molecule has 1 aromatic heterocycles. The summed E-state index contributed by atoms with van der Waals surface area (Å²) >= 11 is 0. The average molecular weight is 307 g/mol. The number of rotatable bonds is 6. The molecule has 5 heteroatoms. The molecule has 1 fully saturated rings. The molecular formula is C17H29N3O2. The van der Waals surface area contributed by atoms with Crippen LogP contribution in [0.25, 0.3) is 0 Å². The second kappa shape index (κ2) is 6.82. The predicted octanol–water partition coefficient (Wildman–Crippen LogP) is 2.83. The van der Waals surface area contributed by atoms with Gasteiger partial charge in [0.05, 0.1) is 18.3 Å². The smallest absolute Gasteiger partial charge is 0.269 e. The Kier molecular flexibility index (Phi) is 5.27. The van der Waals surface area contributed by atoms with Gasteiger partial charge in [-0.15, -0.1) is 0 Å². The number of aromatic nitrogens is 2. The van der Waals surface area contributed by atoms with E-state index < -0.39 is 0 Å². The Hall–Kier alpha value is -1.36. The number of amides is 1. The van der Waals surface area contributed by atoms with Crippen molar-refractivity contribution in [1.29, 1.82) is 0 Å². The van der Waals surface area contributed by atoms with Crippen molar-refractivity contribution in [2.75, 3.05) is 6.61 Å². The number of aliphatic hydroxyl groups excluding tert-OH is 1. The monoisotopic (exact) mass is 307 g/mol. The normalized spacial score (nSPS) is 24.9. The van der Waals surface area contributed by atoms with E-state index in [4.69, 9.17) is 0 Å². The van der Waals surface area contributed by atoms with Crippen molar-refractivity contribution in [3.8, 4) is 0 Å². The van der Waals surface area contributed by atoms with E-state index in [2.05, 4.69) is 24.3 Å². The van der Waals surface area contributed by atoms with Crippen LogP contribution in [-0.2, 0) is 0 Å². The number of aliphatic hydroxyl groups is 1. The first-order valence-corrected chi connectivity index (χ1v) is 8.43. The fraction of sp³-hybridized carbons (Fsp3) is 0.765. The Balaban J connectivity index is 2.20. The minimum absolute atomic E-state index is 0.0374. The number of hydrogen-bond acceptors (Lipinski definition) is 3. The molecule has 124 valence electrons. The van der Waals surface area contributed by atoms with Gasteiger partial charge in [-0.3, -0.25) is 9.48 Å². The Labute approximate surface area is 133 Å². The van der Waals surface area contributed by atoms with E-state index in [-0.39, 0.29) is 30.0 Å². The summed E-state index contributed by atoms with van der Waals surface area (Å²) in [5.41, 5.74) is 1.30. The standard InChI is InChI=1S/C17H29N3O2/c1-5-13(6-2)20-14(10-12(3)19-20)16(22)18-15-8-7-9-17(15,4)11-21/h10,13,15,21H,5-9,11H2,1-4H3,(H,18,22). The molecule has 2 rings (SSSR count). The largest absolute Gasteiger partial charge is 0.396 e. The summed E-state index contributed by atoms with van der Waals surface area (Å²) in [4.78, 5) is 12.7. The molecule has 1 amide bonds. The molecule has 0 radical (unpaired) electrons. The molecule has 0 aliphatic heterocycles. The molecule has 1 saturated carbocycles. The first-order valence-electron chi connectivity index (χ1n) is 8.43. The van der Waals surface area contributed by atoms with Crippen molar-refractivity contribution in [3.63, 3.8) is 0 Å². The number of carbonyl (C=O) groups excluding carboxylic acids is 1. The molecule has 1 heterocycles. The third kappa shape index (κ3) is 3.19. The molecule has 5 nitrogen and oxygen atoms in total. The van der Waals surface area contributed by atoms with Crippen LogP contribution in [0.2, 0.25) is 0 Å². The van der Waals surface area contributed by atoms with Gasteiger partial charge >= 0.3 is 0 Å². The highest BCUT2D eigenvalue weighted by Crippen LogP contribution is 2.37. The van der Waals surface area contributed by atoms with Crippen molar-refractivity contribution >= 4 is 5.91 Å². The molecular weight excluding hydrogens is 278 g/mol. The highest BCUT2D eigenvalue weighted by molar-refractivity contribution is 5.93. The lowest BCUT2D eigenvalue weighted by Gasteiger charge is -2.30. The fourth-order valence-corrected chi connectivity index (χ4v) is 3.50. The van der Waals surface area contributed by atoms with Crippen LogP contribution in [0.4, 0.5) is 0 Å². The second-order valence-electron chi connectivity index (χ2n) is 6.82. The minimum atomic E-state index is -0.204. The van der Waals surface area contributed by atoms with Gasteiger partial charge in [0.2, 0.25) is 0 Å². The summed E-state index contributed by atoms with van der Waals surface area (Å²) in [6.45, 7) is 8.32. The zero-order valence-corrected chi connectivity index (χ0v) is 14.2. The minimum Gasteiger partial charge on any atom is -0.396 e. The van der Waals surface area contributed by atoms with Crippen LogP contribution in [-0.4, -0.2) is 33.4 Å². The van der Waals surface area contributed by atoms with Gasteiger partial charge in [-0.25, -0.2) is 0 Å². The third-order valence-electron chi connectivity index (χ3n) is 5.13. The SMILES string of the molecule is CCC(CC)n1nc(C)cc1C(=O)NC1CCCC1(C)CO. The number of hydrogen-bond donors (Lipinski definition) is 2. The maximum Gasteiger partial charge on any atom is 0.269 e. The van der Waals surface area contributed by atoms with Crippen LogP contribution in [0.1, 0.15) is 75.1 Å². The highest BCUT2D eigenvalue weighted by atomic mass is 16.3. The van der Waals surface area contributed by atoms with Crippen LogP contribution < -0.4 is 5.32 Å². The molecule has 2 atom stereocenters. The summed E-state index contributed by atoms with van der Waals surface area (Å²) in [6, 6.07) is 2.15. The molecule has 1 aliphatic carbocycles. The van der Waals surface area contributed by atoms with Gasteiger partial charge in [0.15, 0.2) is 0 Å². The van der Waals surface area contributed by atoms with Gasteiger partial charge < -0.3 is 10.4 Å². The molecule has 2 N–H and O–H groups in total. The van der Waals surface area contributed by atoms with Crippen LogP contribution in [0.15, 0.2) is 6.07 Å². The predicted molar refractivity (Wildman–Crippen MR) is 86.9 cm³/mol. The van der Waals surface area contributed by atoms with Crippen molar-refractivity contribution in [2.45, 2.75) is 71.9 Å². The quantitative estimate of drug-likeness (QED) is 0.849. The van der Waals surface area contributed by atoms with E-state index in [9.17, 15) is 9.90 Å². The highest BCUT2D eigenvalue weighted by Gasteiger charge is 2.39. The maximum atomic E-state index is 12.7. The van der Waals surface area contributed by atoms with Crippen molar-refractivity contribution < 1.29 is 9.90 Å². The molecule has 1 aromatic rings. The van der Waals surface area contributed by atoms with Crippen LogP contribution in [0.5, 0.6) is 0 Å². The van der Waals surface area contributed by atoms with Crippen molar-refractivity contribution in [1.82, 2.24) is 15.1 Å². The Morgan fingerprint density at radius 2 is 2.23 bits per heavy atom. The van der Waals surface area contributed by atoms with Gasteiger partial charge in [0.25, 0.3) is 5.91 Å². The van der Waals surface area contributed by atoms with Crippen molar-refractivity contribution in [2.24, 2.45) is 5.41 Å². The Morgan fingerprint density at radius 3 is 2.82 bits per heavy atom. The van der Waals surface area contributed by atoms with E-state index in [0.717, 1.165) is 37.8 Å². The van der Waals surface area contributed by atoms with Crippen LogP contribution in [0, 0.1) is 12.3 Å². The zero-order valence-electron chi connectivity index (χ0n) is 14.2. The van der Waals surface area contributed by atoms with E-state index in [1.807, 2.05) is 24.6 Å². The molecule has 0 aromatic carbocycles. The lowest BCUT2D eigenvalue weighted by Crippen LogP contribution is -2.45. The van der Waals surface area contributed by atoms with Gasteiger partial charge in [0, 0.05) is 11.5 Å². The topological polar surface area (TPSA) is 67.2 Å². The number of carbonyl (C=O) groups is 1. The van der Waals surface area contributed by atoms with E-state index in [1.54, 1.807) is 0 Å². The number of nitrogens with one attached hydrogen (secondary N) is 1. The molecule has 1 aliphatic rings. The second-order valence-corrected chi connectivity index (χ2v) is 6.82. The molecule has 2 unspecified atom stereocenters. The van der Waals surface area contributed by atoms with Gasteiger partial charge in [0.1, 0.15) is 5.69 Å². The van der Waals surface area contributed by atoms with E-state index in [0.29, 0.717) is 5.69 Å². The summed E-state index contributed by atoms with van der Waals surface area (Å²) in [7, 11) is 0. The zero-order chi connectivity index (χ0) is 16.3. The summed E-state index contributed by atoms with van der Waals surface area (Å²) in [5, 5.41) is 17.3. The summed E-state index contributed by atoms with van der Waals surface area (Å²) in [6.07, 6.45) is 4.85. The van der Waals surface area contributed by atoms with Gasteiger partial charge in [-0.1, -0.05) is 27.2 Å². The van der Waals surface area contributed by atoms with E-state index in [1.165, 1.54) is 0 Å². The van der Waals surface area contributed by atoms with Crippen LogP contribution in [0.3, 0.4) is 0 Å². The van der Waals surface area contributed by atoms with Gasteiger partial charge in [-0.2, -0.15) is 5.10 Å². The van der Waals surface area contributed by atoms with Gasteiger partial charge in [-0.05, 0) is 38.7 Å².